The van der Waals surface area contributed by atoms with Gasteiger partial charge in [0.25, 0.3) is 0 Å². The van der Waals surface area contributed by atoms with Crippen molar-refractivity contribution in [2.75, 3.05) is 19.6 Å². The number of carbonyl (C=O) groups excluding carboxylic acids is 1. The zero-order chi connectivity index (χ0) is 11.5. The Balaban J connectivity index is 2.37. The average Bonchev–Trinajstić information content (AvgIpc) is 2.50. The molecule has 0 aromatic heterocycles. The van der Waals surface area contributed by atoms with Crippen molar-refractivity contribution in [3.8, 4) is 0 Å². The van der Waals surface area contributed by atoms with Gasteiger partial charge in [0.15, 0.2) is 0 Å². The van der Waals surface area contributed by atoms with E-state index in [-0.39, 0.29) is 18.9 Å². The highest BCUT2D eigenvalue weighted by Crippen LogP contribution is 2.29. The Morgan fingerprint density at radius 2 is 2.33 bits per heavy atom. The minimum atomic E-state index is -5.04. The molecule has 2 N–H and O–H groups in total. The molecule has 4 nitrogen and oxygen atoms in total. The van der Waals surface area contributed by atoms with Gasteiger partial charge in [-0.1, -0.05) is 6.92 Å². The molecule has 0 aromatic rings. The lowest BCUT2D eigenvalue weighted by Gasteiger charge is -2.20. The van der Waals surface area contributed by atoms with Crippen molar-refractivity contribution in [2.24, 2.45) is 0 Å². The van der Waals surface area contributed by atoms with Crippen LogP contribution in [0.1, 0.15) is 19.8 Å². The van der Waals surface area contributed by atoms with E-state index in [1.807, 2.05) is 0 Å². The highest BCUT2D eigenvalue weighted by molar-refractivity contribution is 6.59. The fraction of sp³-hybridized carbons (Fsp3) is 0.875. The molecule has 7 heteroatoms. The van der Waals surface area contributed by atoms with Gasteiger partial charge in [-0.25, -0.2) is 13.0 Å². The third kappa shape index (κ3) is 3.42. The van der Waals surface area contributed by atoms with Gasteiger partial charge in [-0.05, 0) is 12.8 Å². The number of hydrogen-bond donors (Lipinski definition) is 2. The summed E-state index contributed by atoms with van der Waals surface area (Å²) < 4.78 is 25.5. The summed E-state index contributed by atoms with van der Waals surface area (Å²) in [5.74, 6) is 0. The van der Waals surface area contributed by atoms with Crippen LogP contribution in [0.15, 0.2) is 0 Å². The van der Waals surface area contributed by atoms with Crippen LogP contribution in [-0.4, -0.2) is 44.3 Å². The van der Waals surface area contributed by atoms with Gasteiger partial charge in [0, 0.05) is 25.2 Å². The highest BCUT2D eigenvalue weighted by atomic mass is 28.4. The molecule has 0 aliphatic carbocycles. The van der Waals surface area contributed by atoms with Crippen molar-refractivity contribution in [2.45, 2.75) is 25.3 Å². The quantitative estimate of drug-likeness (QED) is 0.555. The average molecular weight is 238 g/mol. The molecule has 1 unspecified atom stereocenters. The molecule has 0 aromatic carbocycles. The molecule has 1 atom stereocenters. The third-order valence-corrected chi connectivity index (χ3v) is 4.36. The summed E-state index contributed by atoms with van der Waals surface area (Å²) in [6, 6.07) is -0.201. The number of halogens is 2. The molecule has 0 spiro atoms. The summed E-state index contributed by atoms with van der Waals surface area (Å²) in [5, 5.41) is 2.60. The second kappa shape index (κ2) is 4.89. The van der Waals surface area contributed by atoms with Gasteiger partial charge < -0.3 is 15.0 Å². The molecule has 1 aliphatic heterocycles. The summed E-state index contributed by atoms with van der Waals surface area (Å²) in [7, 11) is -5.04. The molecule has 0 radical (unpaired) electrons. The lowest BCUT2D eigenvalue weighted by atomic mass is 10.2. The van der Waals surface area contributed by atoms with Gasteiger partial charge in [-0.15, -0.1) is 0 Å². The van der Waals surface area contributed by atoms with E-state index in [4.69, 9.17) is 4.80 Å². The van der Waals surface area contributed by atoms with Crippen LogP contribution in [0, 0.1) is 0 Å². The molecule has 0 saturated carbocycles. The number of urea groups is 1. The van der Waals surface area contributed by atoms with E-state index in [0.29, 0.717) is 19.6 Å². The van der Waals surface area contributed by atoms with Crippen molar-refractivity contribution in [1.29, 1.82) is 0 Å². The van der Waals surface area contributed by atoms with E-state index in [2.05, 4.69) is 5.32 Å². The van der Waals surface area contributed by atoms with E-state index >= 15 is 0 Å². The molecular formula is C8H16F2N2O2Si. The van der Waals surface area contributed by atoms with E-state index in [9.17, 15) is 13.0 Å². The van der Waals surface area contributed by atoms with Gasteiger partial charge in [-0.3, -0.25) is 0 Å². The number of hydrogen-bond acceptors (Lipinski definition) is 2. The van der Waals surface area contributed by atoms with Gasteiger partial charge in [0.1, 0.15) is 0 Å². The van der Waals surface area contributed by atoms with E-state index in [1.54, 1.807) is 6.92 Å². The fourth-order valence-electron chi connectivity index (χ4n) is 1.66. The summed E-state index contributed by atoms with van der Waals surface area (Å²) in [4.78, 5) is 21.3. The predicted molar refractivity (Wildman–Crippen MR) is 53.8 cm³/mol. The molecule has 1 rings (SSSR count). The van der Waals surface area contributed by atoms with Crippen LogP contribution in [0.2, 0.25) is 5.54 Å². The van der Waals surface area contributed by atoms with Crippen LogP contribution in [0.4, 0.5) is 13.0 Å². The Bertz CT molecular complexity index is 235. The van der Waals surface area contributed by atoms with Gasteiger partial charge in [-0.2, -0.15) is 0 Å². The summed E-state index contributed by atoms with van der Waals surface area (Å²) >= 11 is 0. The monoisotopic (exact) mass is 238 g/mol. The van der Waals surface area contributed by atoms with Gasteiger partial charge in [0.2, 0.25) is 0 Å². The summed E-state index contributed by atoms with van der Waals surface area (Å²) in [6.07, 6.45) is 0.435. The number of nitrogens with one attached hydrogen (secondary N) is 1. The summed E-state index contributed by atoms with van der Waals surface area (Å²) in [6.45, 7) is 3.07. The molecule has 2 amide bonds. The van der Waals surface area contributed by atoms with Crippen LogP contribution < -0.4 is 5.32 Å². The standard InChI is InChI=1S/C8H16F2N2O2Si/c1-2-7(15(9,10)14)3-5-12-6-4-11-8(12)13/h7,14H,2-6H2,1H3,(H,11,13). The largest absolute Gasteiger partial charge is 0.578 e. The molecule has 1 fully saturated rings. The predicted octanol–water partition coefficient (Wildman–Crippen LogP) is 1.05. The number of amides is 2. The first-order valence-electron chi connectivity index (χ1n) is 5.08. The normalized spacial score (nSPS) is 19.2. The van der Waals surface area contributed by atoms with E-state index < -0.39 is 14.5 Å². The van der Waals surface area contributed by atoms with Crippen LogP contribution in [0.3, 0.4) is 0 Å². The highest BCUT2D eigenvalue weighted by Gasteiger charge is 2.43. The molecular weight excluding hydrogens is 222 g/mol. The maximum Gasteiger partial charge on any atom is 0.578 e. The topological polar surface area (TPSA) is 52.6 Å². The van der Waals surface area contributed by atoms with Crippen molar-refractivity contribution < 1.29 is 17.8 Å². The Kier molecular flexibility index (Phi) is 4.03. The first-order chi connectivity index (χ1) is 6.95. The van der Waals surface area contributed by atoms with E-state index in [1.165, 1.54) is 4.90 Å². The number of rotatable bonds is 5. The van der Waals surface area contributed by atoms with Crippen LogP contribution in [0.5, 0.6) is 0 Å². The molecule has 1 heterocycles. The van der Waals surface area contributed by atoms with Crippen molar-refractivity contribution in [3.05, 3.63) is 0 Å². The smallest absolute Gasteiger partial charge is 0.384 e. The second-order valence-corrected chi connectivity index (χ2v) is 5.69. The zero-order valence-electron chi connectivity index (χ0n) is 8.67. The fourth-order valence-corrected chi connectivity index (χ4v) is 2.63. The Labute approximate surface area is 88.7 Å². The van der Waals surface area contributed by atoms with Gasteiger partial charge in [0.05, 0.1) is 0 Å². The minimum absolute atomic E-state index is 0.180. The van der Waals surface area contributed by atoms with E-state index in [0.717, 1.165) is 0 Å². The number of carbonyl (C=O) groups is 1. The maximum atomic E-state index is 12.7. The Morgan fingerprint density at radius 3 is 2.73 bits per heavy atom. The van der Waals surface area contributed by atoms with Crippen molar-refractivity contribution in [1.82, 2.24) is 10.2 Å². The van der Waals surface area contributed by atoms with Crippen molar-refractivity contribution >= 4 is 15.0 Å². The zero-order valence-corrected chi connectivity index (χ0v) is 9.67. The first kappa shape index (κ1) is 12.4. The van der Waals surface area contributed by atoms with Crippen molar-refractivity contribution in [3.63, 3.8) is 0 Å². The third-order valence-electron chi connectivity index (χ3n) is 2.68. The molecule has 15 heavy (non-hydrogen) atoms. The maximum absolute atomic E-state index is 12.7. The first-order valence-corrected chi connectivity index (χ1v) is 6.86. The molecule has 1 saturated heterocycles. The van der Waals surface area contributed by atoms with Crippen LogP contribution in [0.25, 0.3) is 0 Å². The van der Waals surface area contributed by atoms with Crippen LogP contribution in [-0.2, 0) is 0 Å². The lowest BCUT2D eigenvalue weighted by Crippen LogP contribution is -2.34. The lowest BCUT2D eigenvalue weighted by molar-refractivity contribution is 0.214. The van der Waals surface area contributed by atoms with Gasteiger partial charge >= 0.3 is 15.0 Å². The van der Waals surface area contributed by atoms with Crippen LogP contribution >= 0.6 is 0 Å². The SMILES string of the molecule is CCC(CCN1CCNC1=O)[Si](O)(F)F. The Morgan fingerprint density at radius 1 is 1.67 bits per heavy atom. The second-order valence-electron chi connectivity index (χ2n) is 3.70. The molecule has 88 valence electrons. The number of nitrogens with zero attached hydrogens (tertiary/aromatic N) is 1. The molecule has 1 aliphatic rings. The summed E-state index contributed by atoms with van der Waals surface area (Å²) in [5.41, 5.74) is -0.939. The molecule has 0 bridgehead atoms. The minimum Gasteiger partial charge on any atom is -0.384 e. The Hall–Kier alpha value is -0.693.